The van der Waals surface area contributed by atoms with Crippen molar-refractivity contribution in [3.63, 3.8) is 0 Å². The highest BCUT2D eigenvalue weighted by atomic mass is 33.1. The summed E-state index contributed by atoms with van der Waals surface area (Å²) in [6.45, 7) is 2.21. The van der Waals surface area contributed by atoms with Gasteiger partial charge in [0.05, 0.1) is 5.39 Å². The summed E-state index contributed by atoms with van der Waals surface area (Å²) in [5.74, 6) is 3.56. The minimum atomic E-state index is 1.11. The van der Waals surface area contributed by atoms with Gasteiger partial charge in [0.2, 0.25) is 0 Å². The van der Waals surface area contributed by atoms with Gasteiger partial charge in [-0.3, -0.25) is 0 Å². The number of aryl methyl sites for hydroxylation is 2. The van der Waals surface area contributed by atoms with Crippen LogP contribution >= 0.6 is 32.9 Å². The van der Waals surface area contributed by atoms with Crippen molar-refractivity contribution in [1.29, 1.82) is 0 Å². The molecule has 3 nitrogen and oxygen atoms in total. The summed E-state index contributed by atoms with van der Waals surface area (Å²) < 4.78 is 0. The third-order valence-corrected chi connectivity index (χ3v) is 7.57. The summed E-state index contributed by atoms with van der Waals surface area (Å²) in [5.41, 5.74) is 1.55. The Morgan fingerprint density at radius 2 is 1.80 bits per heavy atom. The summed E-state index contributed by atoms with van der Waals surface area (Å²) in [6, 6.07) is 0. The van der Waals surface area contributed by atoms with Crippen LogP contribution in [0.2, 0.25) is 0 Å². The first-order chi connectivity index (χ1) is 9.93. The molecule has 1 saturated heterocycles. The largest absolute Gasteiger partial charge is 0.354 e. The Kier molecular flexibility index (Phi) is 3.79. The van der Waals surface area contributed by atoms with E-state index in [0.717, 1.165) is 13.1 Å². The predicted octanol–water partition coefficient (Wildman–Crippen LogP) is 3.77. The molecule has 20 heavy (non-hydrogen) atoms. The Morgan fingerprint density at radius 3 is 2.65 bits per heavy atom. The van der Waals surface area contributed by atoms with Gasteiger partial charge in [0, 0.05) is 29.5 Å². The molecule has 0 spiro atoms. The quantitative estimate of drug-likeness (QED) is 0.745. The van der Waals surface area contributed by atoms with Gasteiger partial charge in [-0.05, 0) is 31.2 Å². The fraction of sp³-hybridized carbons (Fsp3) is 0.571. The van der Waals surface area contributed by atoms with Crippen LogP contribution in [0.1, 0.15) is 23.3 Å². The molecule has 0 aromatic carbocycles. The lowest BCUT2D eigenvalue weighted by Crippen LogP contribution is -2.28. The Bertz CT molecular complexity index is 617. The number of nitrogens with zero attached hydrogens (tertiary/aromatic N) is 3. The number of aromatic nitrogens is 2. The van der Waals surface area contributed by atoms with E-state index in [4.69, 9.17) is 0 Å². The van der Waals surface area contributed by atoms with Gasteiger partial charge in [-0.1, -0.05) is 21.6 Å². The maximum Gasteiger partial charge on any atom is 0.141 e. The van der Waals surface area contributed by atoms with Crippen LogP contribution in [0, 0.1) is 0 Å². The standard InChI is InChI=1S/C14H17N3S3/c1-2-4-11-10(3-1)12-13(15-9-16-14(12)20-11)17-5-7-18-19-8-6-17/h9H,1-8H2. The molecule has 0 N–H and O–H groups in total. The molecule has 1 aliphatic heterocycles. The Morgan fingerprint density at radius 1 is 1.00 bits per heavy atom. The van der Waals surface area contributed by atoms with E-state index < -0.39 is 0 Å². The molecule has 106 valence electrons. The maximum absolute atomic E-state index is 4.66. The van der Waals surface area contributed by atoms with Crippen LogP contribution in [0.5, 0.6) is 0 Å². The molecule has 0 amide bonds. The van der Waals surface area contributed by atoms with E-state index in [-0.39, 0.29) is 0 Å². The van der Waals surface area contributed by atoms with Crippen molar-refractivity contribution in [2.45, 2.75) is 25.7 Å². The number of fused-ring (bicyclic) bond motifs is 3. The zero-order valence-electron chi connectivity index (χ0n) is 11.3. The Hall–Kier alpha value is -0.460. The average Bonchev–Trinajstić information content (AvgIpc) is 2.68. The van der Waals surface area contributed by atoms with Crippen LogP contribution in [0.3, 0.4) is 0 Å². The van der Waals surface area contributed by atoms with Gasteiger partial charge in [0.15, 0.2) is 0 Å². The molecule has 0 atom stereocenters. The van der Waals surface area contributed by atoms with Gasteiger partial charge in [-0.2, -0.15) is 0 Å². The molecule has 1 aliphatic carbocycles. The first kappa shape index (κ1) is 13.2. The zero-order valence-corrected chi connectivity index (χ0v) is 13.8. The molecule has 4 rings (SSSR count). The number of hydrogen-bond donors (Lipinski definition) is 0. The lowest BCUT2D eigenvalue weighted by atomic mass is 9.97. The molecule has 0 unspecified atom stereocenters. The fourth-order valence-electron chi connectivity index (χ4n) is 3.05. The molecule has 6 heteroatoms. The van der Waals surface area contributed by atoms with Gasteiger partial charge < -0.3 is 4.90 Å². The van der Waals surface area contributed by atoms with E-state index in [1.54, 1.807) is 16.8 Å². The van der Waals surface area contributed by atoms with Crippen molar-refractivity contribution in [1.82, 2.24) is 9.97 Å². The second-order valence-corrected chi connectivity index (χ2v) is 9.01. The van der Waals surface area contributed by atoms with Gasteiger partial charge >= 0.3 is 0 Å². The minimum absolute atomic E-state index is 1.11. The zero-order chi connectivity index (χ0) is 13.4. The lowest BCUT2D eigenvalue weighted by Gasteiger charge is -2.22. The monoisotopic (exact) mass is 323 g/mol. The highest BCUT2D eigenvalue weighted by molar-refractivity contribution is 8.76. The third kappa shape index (κ3) is 2.31. The first-order valence-electron chi connectivity index (χ1n) is 7.18. The molecule has 0 saturated carbocycles. The average molecular weight is 324 g/mol. The summed E-state index contributed by atoms with van der Waals surface area (Å²) in [5, 5.41) is 1.36. The van der Waals surface area contributed by atoms with Crippen LogP contribution in [0.15, 0.2) is 6.33 Å². The van der Waals surface area contributed by atoms with Crippen LogP contribution in [0.25, 0.3) is 10.2 Å². The molecule has 2 aliphatic rings. The van der Waals surface area contributed by atoms with Crippen LogP contribution in [-0.4, -0.2) is 34.6 Å². The number of hydrogen-bond acceptors (Lipinski definition) is 6. The van der Waals surface area contributed by atoms with E-state index in [0.29, 0.717) is 0 Å². The van der Waals surface area contributed by atoms with E-state index >= 15 is 0 Å². The molecule has 1 fully saturated rings. The van der Waals surface area contributed by atoms with Crippen molar-refractivity contribution in [2.24, 2.45) is 0 Å². The molecular weight excluding hydrogens is 306 g/mol. The number of thiophene rings is 1. The Balaban J connectivity index is 1.83. The van der Waals surface area contributed by atoms with Gasteiger partial charge in [0.25, 0.3) is 0 Å². The normalized spacial score (nSPS) is 19.9. The second kappa shape index (κ2) is 5.73. The summed E-state index contributed by atoms with van der Waals surface area (Å²) in [7, 11) is 3.97. The Labute approximate surface area is 131 Å². The van der Waals surface area contributed by atoms with Crippen LogP contribution in [-0.2, 0) is 12.8 Å². The van der Waals surface area contributed by atoms with Crippen molar-refractivity contribution >= 4 is 49.0 Å². The van der Waals surface area contributed by atoms with E-state index in [2.05, 4.69) is 14.9 Å². The summed E-state index contributed by atoms with van der Waals surface area (Å²) in [6.07, 6.45) is 6.86. The summed E-state index contributed by atoms with van der Waals surface area (Å²) >= 11 is 1.89. The van der Waals surface area contributed by atoms with Gasteiger partial charge in [-0.15, -0.1) is 11.3 Å². The van der Waals surface area contributed by atoms with E-state index in [1.165, 1.54) is 53.2 Å². The van der Waals surface area contributed by atoms with Gasteiger partial charge in [0.1, 0.15) is 17.0 Å². The lowest BCUT2D eigenvalue weighted by molar-refractivity contribution is 0.700. The number of rotatable bonds is 1. The molecular formula is C14H17N3S3. The maximum atomic E-state index is 4.66. The smallest absolute Gasteiger partial charge is 0.141 e. The third-order valence-electron chi connectivity index (χ3n) is 4.00. The molecule has 0 bridgehead atoms. The second-order valence-electron chi connectivity index (χ2n) is 5.22. The summed E-state index contributed by atoms with van der Waals surface area (Å²) in [4.78, 5) is 14.4. The van der Waals surface area contributed by atoms with Crippen LogP contribution in [0.4, 0.5) is 5.82 Å². The number of anilines is 1. The van der Waals surface area contributed by atoms with Crippen LogP contribution < -0.4 is 4.90 Å². The minimum Gasteiger partial charge on any atom is -0.354 e. The van der Waals surface area contributed by atoms with Crippen molar-refractivity contribution in [3.05, 3.63) is 16.8 Å². The van der Waals surface area contributed by atoms with E-state index in [9.17, 15) is 0 Å². The molecule has 0 radical (unpaired) electrons. The van der Waals surface area contributed by atoms with Crippen molar-refractivity contribution in [2.75, 3.05) is 29.5 Å². The molecule has 3 heterocycles. The van der Waals surface area contributed by atoms with Crippen molar-refractivity contribution in [3.8, 4) is 0 Å². The SMILES string of the molecule is c1nc(N2CCSSCC2)c2c3c(sc2n1)CCCC3. The predicted molar refractivity (Wildman–Crippen MR) is 91.2 cm³/mol. The van der Waals surface area contributed by atoms with Gasteiger partial charge in [-0.25, -0.2) is 9.97 Å². The highest BCUT2D eigenvalue weighted by Crippen LogP contribution is 2.39. The fourth-order valence-corrected chi connectivity index (χ4v) is 6.25. The molecule has 2 aromatic heterocycles. The molecule has 2 aromatic rings. The highest BCUT2D eigenvalue weighted by Gasteiger charge is 2.22. The first-order valence-corrected chi connectivity index (χ1v) is 10.5. The van der Waals surface area contributed by atoms with Crippen molar-refractivity contribution < 1.29 is 0 Å². The topological polar surface area (TPSA) is 29.0 Å². The van der Waals surface area contributed by atoms with E-state index in [1.807, 2.05) is 32.9 Å².